The van der Waals surface area contributed by atoms with Crippen LogP contribution in [0.4, 0.5) is 0 Å². The van der Waals surface area contributed by atoms with Crippen molar-refractivity contribution in [3.05, 3.63) is 0 Å². The first-order valence-electron chi connectivity index (χ1n) is 45.7. The summed E-state index contributed by atoms with van der Waals surface area (Å²) in [5.74, 6) is 0. The van der Waals surface area contributed by atoms with E-state index in [0.29, 0.717) is 0 Å². The van der Waals surface area contributed by atoms with Gasteiger partial charge in [0.25, 0.3) is 0 Å². The van der Waals surface area contributed by atoms with Gasteiger partial charge in [-0.3, -0.25) is 0 Å². The van der Waals surface area contributed by atoms with Crippen LogP contribution in [-0.2, 0) is 123 Å². The maximum Gasteiger partial charge on any atom is 0.187 e. The topological polar surface area (TPSA) is 1030 Å². The molecule has 0 aliphatic carbocycles. The average molecular weight is 2110 g/mol. The molecule has 0 aromatic carbocycles. The Balaban J connectivity index is 0.669. The minimum absolute atomic E-state index is 1.18. The highest BCUT2D eigenvalue weighted by Crippen LogP contribution is 2.44. The first-order valence-corrected chi connectivity index (χ1v) is 45.7. The predicted octanol–water partition coefficient (Wildman–Crippen LogP) is -28.3. The van der Waals surface area contributed by atoms with Gasteiger partial charge in [-0.1, -0.05) is 0 Å². The number of hydrogen-bond donors (Lipinski definition) is 39. The number of aliphatic hydroxyl groups excluding tert-OH is 39. The van der Waals surface area contributed by atoms with Crippen LogP contribution in [0.3, 0.4) is 0 Å². The molecule has 0 unspecified atom stereocenters. The predicted molar refractivity (Wildman–Crippen MR) is 424 cm³/mol. The molecule has 0 amide bonds. The minimum Gasteiger partial charge on any atom is -0.394 e. The Kier molecular flexibility index (Phi) is 40.4. The Morgan fingerprint density at radius 1 is 0.0839 bits per heavy atom. The zero-order chi connectivity index (χ0) is 104. The van der Waals surface area contributed by atoms with E-state index in [1.807, 2.05) is 0 Å². The van der Waals surface area contributed by atoms with Crippen molar-refractivity contribution in [2.45, 2.75) is 399 Å². The van der Waals surface area contributed by atoms with Gasteiger partial charge in [-0.25, -0.2) is 0 Å². The largest absolute Gasteiger partial charge is 0.394 e. The van der Waals surface area contributed by atoms with E-state index in [-0.39, 0.29) is 0 Å². The third-order valence-electron chi connectivity index (χ3n) is 27.5. The summed E-state index contributed by atoms with van der Waals surface area (Å²) in [5, 5.41) is 439. The first-order chi connectivity index (χ1) is 68.1. The maximum atomic E-state index is 11.6. The van der Waals surface area contributed by atoms with Crippen LogP contribution in [-0.4, -0.2) is 684 Å². The number of rotatable bonds is 13. The summed E-state index contributed by atoms with van der Waals surface area (Å²) in [5.41, 5.74) is 0. The van der Waals surface area contributed by atoms with Gasteiger partial charge in [-0.05, 0) is 0 Å². The molecule has 65 nitrogen and oxygen atoms in total. The number of aliphatic hydroxyl groups is 39. The molecule has 39 fully saturated rings. The normalized spacial score (nSPS) is 55.4. The molecule has 143 heavy (non-hydrogen) atoms. The first kappa shape index (κ1) is 116. The Labute approximate surface area is 805 Å². The molecule has 832 valence electrons. The molecular formula is C78H130O65. The van der Waals surface area contributed by atoms with E-state index in [1.54, 1.807) is 0 Å². The lowest BCUT2D eigenvalue weighted by Crippen LogP contribution is -2.69. The van der Waals surface area contributed by atoms with Crippen LogP contribution < -0.4 is 0 Å². The molecule has 39 N–H and O–H groups in total. The maximum absolute atomic E-state index is 11.6. The average Bonchev–Trinajstić information content (AvgIpc) is 0.769. The molecule has 39 aliphatic heterocycles. The van der Waals surface area contributed by atoms with E-state index < -0.39 is 485 Å². The fourth-order valence-electron chi connectivity index (χ4n) is 19.3. The molecule has 0 spiro atoms. The van der Waals surface area contributed by atoms with Crippen molar-refractivity contribution in [2.24, 2.45) is 0 Å². The Bertz CT molecular complexity index is 2930. The Morgan fingerprint density at radius 3 is 0.189 bits per heavy atom. The lowest BCUT2D eigenvalue weighted by Gasteiger charge is -2.50. The molecule has 65 atom stereocenters. The Morgan fingerprint density at radius 2 is 0.140 bits per heavy atom. The van der Waals surface area contributed by atoms with Crippen molar-refractivity contribution in [2.75, 3.05) is 85.9 Å². The molecule has 0 saturated carbocycles. The fraction of sp³-hybridized carbons (Fsp3) is 1.00. The summed E-state index contributed by atoms with van der Waals surface area (Å²) >= 11 is 0. The lowest BCUT2D eigenvalue weighted by molar-refractivity contribution is -0.401. The quantitative estimate of drug-likeness (QED) is 0.0814. The van der Waals surface area contributed by atoms with Crippen LogP contribution in [0.5, 0.6) is 0 Å². The van der Waals surface area contributed by atoms with Gasteiger partial charge >= 0.3 is 0 Å². The summed E-state index contributed by atoms with van der Waals surface area (Å²) in [6.07, 6.45) is -141. The van der Waals surface area contributed by atoms with Crippen molar-refractivity contribution in [1.82, 2.24) is 0 Å². The van der Waals surface area contributed by atoms with Gasteiger partial charge in [-0.15, -0.1) is 0 Å². The summed E-state index contributed by atoms with van der Waals surface area (Å²) < 4.78 is 149. The summed E-state index contributed by atoms with van der Waals surface area (Å²) in [4.78, 5) is 0. The third-order valence-corrected chi connectivity index (χ3v) is 27.5. The second-order valence-corrected chi connectivity index (χ2v) is 36.5. The molecule has 39 rings (SSSR count). The van der Waals surface area contributed by atoms with Gasteiger partial charge < -0.3 is 322 Å². The second kappa shape index (κ2) is 49.9. The highest BCUT2D eigenvalue weighted by atomic mass is 16.8. The van der Waals surface area contributed by atoms with E-state index in [9.17, 15) is 199 Å². The summed E-state index contributed by atoms with van der Waals surface area (Å²) in [7, 11) is 0. The van der Waals surface area contributed by atoms with Gasteiger partial charge in [0, 0.05) is 0 Å². The highest BCUT2D eigenvalue weighted by molar-refractivity contribution is 5.07. The van der Waals surface area contributed by atoms with Gasteiger partial charge in [0.05, 0.1) is 85.9 Å². The van der Waals surface area contributed by atoms with Crippen molar-refractivity contribution in [1.29, 1.82) is 0 Å². The number of ether oxygens (including phenoxy) is 26. The van der Waals surface area contributed by atoms with Crippen molar-refractivity contribution in [3.8, 4) is 0 Å². The van der Waals surface area contributed by atoms with Gasteiger partial charge in [0.15, 0.2) is 81.8 Å². The monoisotopic (exact) mass is 2110 g/mol. The molecule has 39 saturated heterocycles. The summed E-state index contributed by atoms with van der Waals surface area (Å²) in [6.45, 7) is -15.4. The van der Waals surface area contributed by atoms with Crippen LogP contribution >= 0.6 is 0 Å². The SMILES string of the molecule is OC[C@H]1O[C@@H]2O[C@H]3[C@H](O)[C@@H](O)[C@@H](O[C@H]4[C@H](O)[C@@H](O)[C@@H](O[C@H]5[C@H](O)[C@@H](O)[C@@H](O[C@H]6[C@H](O)[C@@H](O)[C@@H](O[C@H]7[C@H](O)[C@@H](O)[C@@H](O[C@H]8[C@H](O)[C@@H](O)[C@@H](O[C@H]9[C@H](O)[C@@H](O)[C@@H](O[C@H]%10[C@H](O)[C@@H](O)[C@@H](O[C@H]%11[C@H](O)[C@@H](O)[C@@H](O[C@H]%12[C@H](O)[C@@H](O)[C@@H](O[C@H]%13[C@H](O)[C@@H](O)[C@@H](O[C@H]%14[C@H](O)[C@@H](O)[C@@H](O[C@H]1[C@H](O)[C@H]2O)O[C@@H]%14CO)O[C@@H]%13CO)O[C@@H]%12CO)O[C@@H]%11CO)O[C@@H]%10CO)O[C@@H]9CO)O[C@@H]8CO)O[C@@H]7CO)O[C@@H]6CO)O[C@@H]5CO)O[C@@H]4CO)O[C@@H]3CO. The smallest absolute Gasteiger partial charge is 0.187 e. The zero-order valence-electron chi connectivity index (χ0n) is 74.8. The van der Waals surface area contributed by atoms with Crippen LogP contribution in [0.1, 0.15) is 0 Å². The fourth-order valence-corrected chi connectivity index (χ4v) is 19.3. The van der Waals surface area contributed by atoms with E-state index in [2.05, 4.69) is 0 Å². The molecule has 26 bridgehead atoms. The number of hydrogen-bond acceptors (Lipinski definition) is 65. The van der Waals surface area contributed by atoms with Crippen LogP contribution in [0.25, 0.3) is 0 Å². The molecule has 0 radical (unpaired) electrons. The molecule has 0 aromatic rings. The van der Waals surface area contributed by atoms with Crippen LogP contribution in [0, 0.1) is 0 Å². The third kappa shape index (κ3) is 23.4. The lowest BCUT2D eigenvalue weighted by atomic mass is 9.95. The molecule has 0 aromatic heterocycles. The van der Waals surface area contributed by atoms with Crippen molar-refractivity contribution < 1.29 is 322 Å². The molecular weight excluding hydrogens is 1980 g/mol. The molecule has 65 heteroatoms. The van der Waals surface area contributed by atoms with Gasteiger partial charge in [0.2, 0.25) is 0 Å². The zero-order valence-corrected chi connectivity index (χ0v) is 74.8. The van der Waals surface area contributed by atoms with E-state index in [0.717, 1.165) is 0 Å². The van der Waals surface area contributed by atoms with Crippen molar-refractivity contribution in [3.63, 3.8) is 0 Å². The second-order valence-electron chi connectivity index (χ2n) is 36.5. The highest BCUT2D eigenvalue weighted by Gasteiger charge is 2.65. The standard InChI is InChI=1S/C78H130O65/c79-1-14-53-27(92)40(105)66(118-14)132-54-15(2-80)120-68(42(107)29(54)94)134-56-17(4-82)122-70(44(109)31(56)96)136-58-19(6-84)124-72(46(111)33(58)98)138-60-21(8-86)126-74(48(113)35(60)100)140-62-23(10-88)128-76(50(115)37(62)102)142-64-25(12-90)130-78(52(117)39(64)104)143-65-26(13-91)129-77(51(116)38(65)103)141-63-24(11-89)127-75(49(114)36(63)101)139-61-22(9-87)125-73(47(112)34(61)99)137-59-20(7-85)123-71(45(110)32(59)97)135-57-18(5-83)121-69(43(108)30(57)95)133-55-16(3-81)119-67(131-53)41(106)28(55)93/h14-117H,1-13H2/t14-,15-,16-,17-,18-,19-,20-,21-,22-,23-,24-,25-,26-,27-,28-,29-,30-,31-,32-,33-,34-,35-,36-,37-,38-,39-,40-,41-,42-,43-,44-,45-,46-,47-,48-,49-,50-,51-,52-,53-,54-,55-,56-,57-,58-,59-,60-,61-,62-,63-,64-,65-,66-,67-,68-,69-,70-,71-,72-,73-,74-,75-,76-,77-,78-/m1/s1. The van der Waals surface area contributed by atoms with E-state index in [1.165, 1.54) is 0 Å². The van der Waals surface area contributed by atoms with Gasteiger partial charge in [-0.2, -0.15) is 0 Å². The molecule has 39 heterocycles. The summed E-state index contributed by atoms with van der Waals surface area (Å²) in [6, 6.07) is 0. The van der Waals surface area contributed by atoms with E-state index >= 15 is 0 Å². The van der Waals surface area contributed by atoms with Crippen LogP contribution in [0.15, 0.2) is 0 Å². The van der Waals surface area contributed by atoms with Crippen LogP contribution in [0.2, 0.25) is 0 Å². The van der Waals surface area contributed by atoms with Crippen molar-refractivity contribution >= 4 is 0 Å². The van der Waals surface area contributed by atoms with E-state index in [4.69, 9.17) is 123 Å². The minimum atomic E-state index is -2.37. The molecule has 39 aliphatic rings. The van der Waals surface area contributed by atoms with Gasteiger partial charge in [0.1, 0.15) is 317 Å². The Hall–Kier alpha value is -2.60.